The zero-order chi connectivity index (χ0) is 10.4. The molecule has 1 aliphatic carbocycles. The summed E-state index contributed by atoms with van der Waals surface area (Å²) < 4.78 is 0. The molecule has 0 bridgehead atoms. The van der Waals surface area contributed by atoms with Gasteiger partial charge in [-0.1, -0.05) is 26.3 Å². The van der Waals surface area contributed by atoms with Gasteiger partial charge in [-0.2, -0.15) is 0 Å². The van der Waals surface area contributed by atoms with Gasteiger partial charge >= 0.3 is 0 Å². The van der Waals surface area contributed by atoms with Gasteiger partial charge in [-0.25, -0.2) is 0 Å². The van der Waals surface area contributed by atoms with Gasteiger partial charge in [-0.05, 0) is 31.6 Å². The zero-order valence-corrected chi connectivity index (χ0v) is 9.63. The molecular formula is C13H23N. The van der Waals surface area contributed by atoms with Crippen LogP contribution in [0.15, 0.2) is 17.6 Å². The van der Waals surface area contributed by atoms with Crippen molar-refractivity contribution in [3.8, 4) is 0 Å². The molecule has 0 radical (unpaired) electrons. The zero-order valence-electron chi connectivity index (χ0n) is 9.63. The maximum Gasteiger partial charge on any atom is 0.0411 e. The minimum atomic E-state index is 0.689. The average Bonchev–Trinajstić information content (AvgIpc) is 2.17. The molecule has 0 saturated heterocycles. The second-order valence-corrected chi connectivity index (χ2v) is 4.69. The van der Waals surface area contributed by atoms with E-state index >= 15 is 0 Å². The largest absolute Gasteiger partial charge is 0.294 e. The molecule has 1 nitrogen and oxygen atoms in total. The number of allylic oxidation sites excluding steroid dienone is 1. The summed E-state index contributed by atoms with van der Waals surface area (Å²) in [5, 5.41) is 0. The lowest BCUT2D eigenvalue weighted by Gasteiger charge is -2.23. The molecule has 1 fully saturated rings. The van der Waals surface area contributed by atoms with Crippen molar-refractivity contribution in [3.05, 3.63) is 12.7 Å². The molecular weight excluding hydrogens is 170 g/mol. The Bertz CT molecular complexity index is 203. The van der Waals surface area contributed by atoms with Gasteiger partial charge < -0.3 is 0 Å². The fourth-order valence-electron chi connectivity index (χ4n) is 2.03. The topological polar surface area (TPSA) is 12.4 Å². The van der Waals surface area contributed by atoms with Gasteiger partial charge in [-0.15, -0.1) is 6.58 Å². The molecule has 0 aromatic heterocycles. The highest BCUT2D eigenvalue weighted by atomic mass is 14.7. The summed E-state index contributed by atoms with van der Waals surface area (Å²) in [5.74, 6) is 1.40. The van der Waals surface area contributed by atoms with E-state index in [4.69, 9.17) is 4.99 Å². The third kappa shape index (κ3) is 3.65. The molecule has 14 heavy (non-hydrogen) atoms. The summed E-state index contributed by atoms with van der Waals surface area (Å²) in [4.78, 5) is 4.75. The predicted octanol–water partition coefficient (Wildman–Crippen LogP) is 3.85. The summed E-state index contributed by atoms with van der Waals surface area (Å²) in [7, 11) is 0. The Hall–Kier alpha value is -0.590. The van der Waals surface area contributed by atoms with E-state index in [1.165, 1.54) is 31.4 Å². The second kappa shape index (κ2) is 6.00. The minimum Gasteiger partial charge on any atom is -0.294 e. The third-order valence-corrected chi connectivity index (χ3v) is 2.82. The fourth-order valence-corrected chi connectivity index (χ4v) is 2.03. The van der Waals surface area contributed by atoms with Gasteiger partial charge in [0.05, 0.1) is 0 Å². The Balaban J connectivity index is 2.52. The second-order valence-electron chi connectivity index (χ2n) is 4.69. The molecule has 0 heterocycles. The molecule has 1 heteroatoms. The highest BCUT2D eigenvalue weighted by Gasteiger charge is 2.18. The van der Waals surface area contributed by atoms with E-state index in [9.17, 15) is 0 Å². The van der Waals surface area contributed by atoms with Crippen molar-refractivity contribution in [2.45, 2.75) is 46.0 Å². The average molecular weight is 193 g/mol. The summed E-state index contributed by atoms with van der Waals surface area (Å²) in [6.45, 7) is 9.30. The number of rotatable bonds is 4. The van der Waals surface area contributed by atoms with E-state index in [1.54, 1.807) is 0 Å². The summed E-state index contributed by atoms with van der Waals surface area (Å²) in [6.07, 6.45) is 8.43. The fraction of sp³-hybridized carbons (Fsp3) is 0.769. The highest BCUT2D eigenvalue weighted by molar-refractivity contribution is 5.87. The van der Waals surface area contributed by atoms with Crippen LogP contribution in [0.1, 0.15) is 46.0 Å². The first-order chi connectivity index (χ1) is 6.74. The van der Waals surface area contributed by atoms with Crippen LogP contribution < -0.4 is 0 Å². The normalized spacial score (nSPS) is 25.6. The molecule has 1 aliphatic rings. The van der Waals surface area contributed by atoms with Crippen LogP contribution in [0.2, 0.25) is 0 Å². The van der Waals surface area contributed by atoms with Crippen molar-refractivity contribution in [1.82, 2.24) is 0 Å². The van der Waals surface area contributed by atoms with Crippen molar-refractivity contribution in [1.29, 1.82) is 0 Å². The SMILES string of the molecule is C=CCC1CCCCC1=NCC(C)C. The van der Waals surface area contributed by atoms with Crippen LogP contribution >= 0.6 is 0 Å². The molecule has 0 aliphatic heterocycles. The Kier molecular flexibility index (Phi) is 4.92. The predicted molar refractivity (Wildman–Crippen MR) is 63.9 cm³/mol. The Morgan fingerprint density at radius 2 is 2.29 bits per heavy atom. The van der Waals surface area contributed by atoms with Crippen LogP contribution in [0.4, 0.5) is 0 Å². The van der Waals surface area contributed by atoms with Crippen LogP contribution in [0.25, 0.3) is 0 Å². The van der Waals surface area contributed by atoms with Gasteiger partial charge in [0.1, 0.15) is 0 Å². The lowest BCUT2D eigenvalue weighted by molar-refractivity contribution is 0.525. The smallest absolute Gasteiger partial charge is 0.0411 e. The summed E-state index contributed by atoms with van der Waals surface area (Å²) in [6, 6.07) is 0. The number of nitrogens with zero attached hydrogens (tertiary/aromatic N) is 1. The summed E-state index contributed by atoms with van der Waals surface area (Å²) in [5.41, 5.74) is 1.46. The van der Waals surface area contributed by atoms with Crippen molar-refractivity contribution in [2.24, 2.45) is 16.8 Å². The number of hydrogen-bond acceptors (Lipinski definition) is 1. The van der Waals surface area contributed by atoms with Crippen LogP contribution in [0.3, 0.4) is 0 Å². The first-order valence-electron chi connectivity index (χ1n) is 5.88. The van der Waals surface area contributed by atoms with Gasteiger partial charge in [0.15, 0.2) is 0 Å². The van der Waals surface area contributed by atoms with Crippen molar-refractivity contribution in [3.63, 3.8) is 0 Å². The van der Waals surface area contributed by atoms with E-state index in [1.807, 2.05) is 6.08 Å². The van der Waals surface area contributed by atoms with Crippen molar-refractivity contribution < 1.29 is 0 Å². The van der Waals surface area contributed by atoms with E-state index in [-0.39, 0.29) is 0 Å². The highest BCUT2D eigenvalue weighted by Crippen LogP contribution is 2.25. The molecule has 1 unspecified atom stereocenters. The first kappa shape index (κ1) is 11.5. The summed E-state index contributed by atoms with van der Waals surface area (Å²) >= 11 is 0. The lowest BCUT2D eigenvalue weighted by Crippen LogP contribution is -2.19. The Labute approximate surface area is 88.3 Å². The van der Waals surface area contributed by atoms with Crippen LogP contribution in [0, 0.1) is 11.8 Å². The van der Waals surface area contributed by atoms with E-state index in [0.717, 1.165) is 13.0 Å². The molecule has 80 valence electrons. The van der Waals surface area contributed by atoms with Gasteiger partial charge in [0, 0.05) is 18.2 Å². The quantitative estimate of drug-likeness (QED) is 0.601. The maximum absolute atomic E-state index is 4.75. The van der Waals surface area contributed by atoms with Gasteiger partial charge in [0.2, 0.25) is 0 Å². The van der Waals surface area contributed by atoms with Crippen molar-refractivity contribution in [2.75, 3.05) is 6.54 Å². The Morgan fingerprint density at radius 3 is 2.93 bits per heavy atom. The van der Waals surface area contributed by atoms with Gasteiger partial charge in [-0.3, -0.25) is 4.99 Å². The molecule has 1 saturated carbocycles. The third-order valence-electron chi connectivity index (χ3n) is 2.82. The standard InChI is InChI=1S/C13H23N/c1-4-7-12-8-5-6-9-13(12)14-10-11(2)3/h4,11-12H,1,5-10H2,2-3H3. The molecule has 0 N–H and O–H groups in total. The molecule has 0 spiro atoms. The minimum absolute atomic E-state index is 0.689. The molecule has 0 aromatic rings. The van der Waals surface area contributed by atoms with E-state index in [2.05, 4.69) is 20.4 Å². The van der Waals surface area contributed by atoms with Crippen molar-refractivity contribution >= 4 is 5.71 Å². The molecule has 1 rings (SSSR count). The molecule has 1 atom stereocenters. The van der Waals surface area contributed by atoms with E-state index < -0.39 is 0 Å². The van der Waals surface area contributed by atoms with Crippen LogP contribution in [0.5, 0.6) is 0 Å². The lowest BCUT2D eigenvalue weighted by atomic mass is 9.85. The van der Waals surface area contributed by atoms with Gasteiger partial charge in [0.25, 0.3) is 0 Å². The number of hydrogen-bond donors (Lipinski definition) is 0. The monoisotopic (exact) mass is 193 g/mol. The molecule has 0 amide bonds. The van der Waals surface area contributed by atoms with Crippen LogP contribution in [-0.4, -0.2) is 12.3 Å². The van der Waals surface area contributed by atoms with E-state index in [0.29, 0.717) is 11.8 Å². The number of aliphatic imine (C=N–C) groups is 1. The first-order valence-corrected chi connectivity index (χ1v) is 5.88. The van der Waals surface area contributed by atoms with Crippen LogP contribution in [-0.2, 0) is 0 Å². The maximum atomic E-state index is 4.75. The molecule has 0 aromatic carbocycles. The Morgan fingerprint density at radius 1 is 1.50 bits per heavy atom.